The van der Waals surface area contributed by atoms with Crippen LogP contribution in [0, 0.1) is 5.92 Å². The lowest BCUT2D eigenvalue weighted by Gasteiger charge is -2.38. The Kier molecular flexibility index (Phi) is 5.16. The maximum Gasteiger partial charge on any atom is 0.335 e. The van der Waals surface area contributed by atoms with E-state index in [0.29, 0.717) is 17.5 Å². The van der Waals surface area contributed by atoms with Crippen LogP contribution in [0.2, 0.25) is 5.02 Å². The van der Waals surface area contributed by atoms with Crippen molar-refractivity contribution in [2.24, 2.45) is 5.92 Å². The number of carboxylic acids is 1. The lowest BCUT2D eigenvalue weighted by Crippen LogP contribution is -2.29. The monoisotopic (exact) mass is 431 g/mol. The van der Waals surface area contributed by atoms with Gasteiger partial charge < -0.3 is 15.2 Å². The molecule has 1 aliphatic carbocycles. The molecule has 0 unspecified atom stereocenters. The Hall–Kier alpha value is -3.24. The summed E-state index contributed by atoms with van der Waals surface area (Å²) in [5.41, 5.74) is 4.31. The summed E-state index contributed by atoms with van der Waals surface area (Å²) in [6.07, 6.45) is 5.29. The largest absolute Gasteiger partial charge is 0.489 e. The summed E-state index contributed by atoms with van der Waals surface area (Å²) in [7, 11) is 0. The second-order valence-corrected chi connectivity index (χ2v) is 8.45. The topological polar surface area (TPSA) is 58.6 Å². The molecule has 5 heteroatoms. The fourth-order valence-corrected chi connectivity index (χ4v) is 4.90. The smallest absolute Gasteiger partial charge is 0.335 e. The van der Waals surface area contributed by atoms with Crippen molar-refractivity contribution in [2.75, 3.05) is 5.32 Å². The lowest BCUT2D eigenvalue weighted by atomic mass is 9.76. The fraction of sp³-hybridized carbons (Fsp3) is 0.192. The van der Waals surface area contributed by atoms with Gasteiger partial charge in [0.1, 0.15) is 12.4 Å². The van der Waals surface area contributed by atoms with Crippen molar-refractivity contribution >= 4 is 23.3 Å². The highest BCUT2D eigenvalue weighted by Gasteiger charge is 2.39. The van der Waals surface area contributed by atoms with Gasteiger partial charge >= 0.3 is 5.97 Å². The Bertz CT molecular complexity index is 1140. The Morgan fingerprint density at radius 3 is 2.61 bits per heavy atom. The zero-order chi connectivity index (χ0) is 21.4. The van der Waals surface area contributed by atoms with E-state index in [4.69, 9.17) is 16.3 Å². The summed E-state index contributed by atoms with van der Waals surface area (Å²) in [5, 5.41) is 13.5. The number of carbonyl (C=O) groups is 1. The van der Waals surface area contributed by atoms with Crippen molar-refractivity contribution in [3.63, 3.8) is 0 Å². The molecular formula is C26H22ClNO3. The maximum atomic E-state index is 11.5. The number of hydrogen-bond acceptors (Lipinski definition) is 3. The summed E-state index contributed by atoms with van der Waals surface area (Å²) in [6.45, 7) is 0.533. The minimum absolute atomic E-state index is 0.0869. The highest BCUT2D eigenvalue weighted by molar-refractivity contribution is 6.33. The molecule has 0 radical (unpaired) electrons. The quantitative estimate of drug-likeness (QED) is 0.456. The van der Waals surface area contributed by atoms with Gasteiger partial charge in [-0.25, -0.2) is 4.79 Å². The van der Waals surface area contributed by atoms with Crippen molar-refractivity contribution in [2.45, 2.75) is 25.0 Å². The molecule has 3 aromatic carbocycles. The number of ether oxygens (including phenoxy) is 1. The molecule has 0 saturated carbocycles. The number of nitrogens with one attached hydrogen (secondary N) is 1. The number of anilines is 1. The van der Waals surface area contributed by atoms with Crippen LogP contribution in [0.5, 0.6) is 5.75 Å². The predicted octanol–water partition coefficient (Wildman–Crippen LogP) is 6.44. The van der Waals surface area contributed by atoms with Crippen LogP contribution in [0.1, 0.15) is 45.4 Å². The van der Waals surface area contributed by atoms with Crippen molar-refractivity contribution in [3.8, 4) is 5.75 Å². The van der Waals surface area contributed by atoms with Crippen LogP contribution in [0.4, 0.5) is 5.69 Å². The molecule has 0 saturated heterocycles. The standard InChI is InChI=1S/C26H22ClNO3/c27-23-14-18(26(29)30)13-22-20-7-4-8-21(20)24(28-25(22)23)17-9-11-19(12-10-17)31-15-16-5-2-1-3-6-16/h1-7,9-14,20-21,24,28H,8,15H2,(H,29,30)/t20-,21+,24-/m0/s1. The summed E-state index contributed by atoms with van der Waals surface area (Å²) < 4.78 is 5.92. The Labute approximate surface area is 186 Å². The molecule has 0 fully saturated rings. The molecule has 0 spiro atoms. The number of hydrogen-bond donors (Lipinski definition) is 2. The van der Waals surface area contributed by atoms with Gasteiger partial charge in [0.25, 0.3) is 0 Å². The van der Waals surface area contributed by atoms with Crippen LogP contribution < -0.4 is 10.1 Å². The van der Waals surface area contributed by atoms with E-state index in [0.717, 1.165) is 34.5 Å². The normalized spacial score (nSPS) is 21.1. The summed E-state index contributed by atoms with van der Waals surface area (Å²) in [6, 6.07) is 21.6. The van der Waals surface area contributed by atoms with Gasteiger partial charge in [0.15, 0.2) is 0 Å². The Morgan fingerprint density at radius 2 is 1.87 bits per heavy atom. The molecule has 5 rings (SSSR count). The molecule has 4 nitrogen and oxygen atoms in total. The molecule has 0 amide bonds. The second kappa shape index (κ2) is 8.12. The molecular weight excluding hydrogens is 410 g/mol. The molecule has 31 heavy (non-hydrogen) atoms. The number of aromatic carboxylic acids is 1. The number of halogens is 1. The van der Waals surface area contributed by atoms with E-state index in [1.807, 2.05) is 42.5 Å². The van der Waals surface area contributed by atoms with Gasteiger partial charge in [-0.2, -0.15) is 0 Å². The highest BCUT2D eigenvalue weighted by Crippen LogP contribution is 2.51. The Morgan fingerprint density at radius 1 is 1.10 bits per heavy atom. The minimum Gasteiger partial charge on any atom is -0.489 e. The fourth-order valence-electron chi connectivity index (χ4n) is 4.62. The van der Waals surface area contributed by atoms with Gasteiger partial charge in [-0.1, -0.05) is 66.2 Å². The lowest BCUT2D eigenvalue weighted by molar-refractivity contribution is 0.0696. The van der Waals surface area contributed by atoms with Crippen LogP contribution >= 0.6 is 11.6 Å². The minimum atomic E-state index is -0.962. The van der Waals surface area contributed by atoms with E-state index in [1.165, 1.54) is 6.07 Å². The average molecular weight is 432 g/mol. The molecule has 156 valence electrons. The Balaban J connectivity index is 1.39. The van der Waals surface area contributed by atoms with Gasteiger partial charge in [-0.15, -0.1) is 0 Å². The zero-order valence-electron chi connectivity index (χ0n) is 16.8. The number of fused-ring (bicyclic) bond motifs is 3. The molecule has 0 bridgehead atoms. The molecule has 1 aliphatic heterocycles. The van der Waals surface area contributed by atoms with Crippen molar-refractivity contribution in [1.29, 1.82) is 0 Å². The van der Waals surface area contributed by atoms with Crippen LogP contribution in [-0.4, -0.2) is 11.1 Å². The molecule has 3 atom stereocenters. The summed E-state index contributed by atoms with van der Waals surface area (Å²) in [4.78, 5) is 11.5. The van der Waals surface area contributed by atoms with E-state index < -0.39 is 5.97 Å². The van der Waals surface area contributed by atoms with Gasteiger partial charge in [0, 0.05) is 5.92 Å². The third kappa shape index (κ3) is 3.79. The first kappa shape index (κ1) is 19.7. The molecule has 2 N–H and O–H groups in total. The zero-order valence-corrected chi connectivity index (χ0v) is 17.5. The third-order valence-corrected chi connectivity index (χ3v) is 6.45. The van der Waals surface area contributed by atoms with E-state index in [2.05, 4.69) is 29.6 Å². The third-order valence-electron chi connectivity index (χ3n) is 6.16. The summed E-state index contributed by atoms with van der Waals surface area (Å²) in [5.74, 6) is 0.321. The molecule has 1 heterocycles. The van der Waals surface area contributed by atoms with E-state index in [1.54, 1.807) is 6.07 Å². The van der Waals surface area contributed by atoms with Crippen LogP contribution in [0.15, 0.2) is 78.9 Å². The number of allylic oxidation sites excluding steroid dienone is 2. The first-order valence-corrected chi connectivity index (χ1v) is 10.7. The van der Waals surface area contributed by atoms with E-state index >= 15 is 0 Å². The van der Waals surface area contributed by atoms with Crippen molar-refractivity contribution in [3.05, 3.63) is 106 Å². The predicted molar refractivity (Wildman–Crippen MR) is 122 cm³/mol. The van der Waals surface area contributed by atoms with Crippen molar-refractivity contribution < 1.29 is 14.6 Å². The molecule has 0 aromatic heterocycles. The van der Waals surface area contributed by atoms with Gasteiger partial charge in [0.2, 0.25) is 0 Å². The number of rotatable bonds is 5. The van der Waals surface area contributed by atoms with Gasteiger partial charge in [-0.05, 0) is 53.3 Å². The van der Waals surface area contributed by atoms with Crippen LogP contribution in [0.3, 0.4) is 0 Å². The van der Waals surface area contributed by atoms with Crippen LogP contribution in [0.25, 0.3) is 0 Å². The second-order valence-electron chi connectivity index (χ2n) is 8.05. The molecule has 2 aliphatic rings. The first-order chi connectivity index (χ1) is 15.1. The highest BCUT2D eigenvalue weighted by atomic mass is 35.5. The van der Waals surface area contributed by atoms with Crippen molar-refractivity contribution in [1.82, 2.24) is 0 Å². The van der Waals surface area contributed by atoms with E-state index in [9.17, 15) is 9.90 Å². The average Bonchev–Trinajstić information content (AvgIpc) is 3.29. The number of benzene rings is 3. The van der Waals surface area contributed by atoms with Gasteiger partial charge in [-0.3, -0.25) is 0 Å². The van der Waals surface area contributed by atoms with E-state index in [-0.39, 0.29) is 17.5 Å². The first-order valence-electron chi connectivity index (χ1n) is 10.4. The SMILES string of the molecule is O=C(O)c1cc(Cl)c2c(c1)[C@H]1C=CC[C@H]1[C@H](c1ccc(OCc3ccccc3)cc1)N2. The number of carboxylic acid groups (broad SMARTS) is 1. The van der Waals surface area contributed by atoms with Crippen LogP contribution in [-0.2, 0) is 6.61 Å². The summed E-state index contributed by atoms with van der Waals surface area (Å²) >= 11 is 6.49. The maximum absolute atomic E-state index is 11.5. The van der Waals surface area contributed by atoms with Gasteiger partial charge in [0.05, 0.1) is 22.3 Å². The molecule has 3 aromatic rings.